The van der Waals surface area contributed by atoms with Gasteiger partial charge in [-0.2, -0.15) is 5.26 Å². The highest BCUT2D eigenvalue weighted by molar-refractivity contribution is 5.24. The molecule has 0 aromatic carbocycles. The molecule has 0 saturated heterocycles. The first kappa shape index (κ1) is 6.04. The second-order valence-corrected chi connectivity index (χ2v) is 1.52. The first-order valence-corrected chi connectivity index (χ1v) is 2.26. The summed E-state index contributed by atoms with van der Waals surface area (Å²) in [5.74, 6) is 0. The predicted molar refractivity (Wildman–Crippen MR) is 26.4 cm³/mol. The number of hydrogen-bond donors (Lipinski definition) is 2. The summed E-state index contributed by atoms with van der Waals surface area (Å²) in [4.78, 5) is 4.42. The highest BCUT2D eigenvalue weighted by Crippen LogP contribution is 2.10. The molecule has 0 bridgehead atoms. The minimum Gasteiger partial charge on any atom is -0.299 e. The lowest BCUT2D eigenvalue weighted by Crippen LogP contribution is -2.24. The van der Waals surface area contributed by atoms with Gasteiger partial charge >= 0.3 is 0 Å². The van der Waals surface area contributed by atoms with Gasteiger partial charge in [0.15, 0.2) is 6.23 Å². The molecule has 0 saturated carbocycles. The summed E-state index contributed by atoms with van der Waals surface area (Å²) in [7, 11) is 0. The molecule has 1 heterocycles. The van der Waals surface area contributed by atoms with Crippen molar-refractivity contribution in [1.82, 2.24) is 5.23 Å². The standard InChI is InChI=1S/C4H5N3O2/c5-1-3-2-7(8)9-4(3)6/h2,4,8H,6H2. The summed E-state index contributed by atoms with van der Waals surface area (Å²) in [6, 6.07) is 1.75. The maximum absolute atomic E-state index is 8.50. The molecule has 1 atom stereocenters. The van der Waals surface area contributed by atoms with Crippen molar-refractivity contribution >= 4 is 0 Å². The molecule has 1 unspecified atom stereocenters. The van der Waals surface area contributed by atoms with Crippen LogP contribution in [0.4, 0.5) is 0 Å². The Balaban J connectivity index is 2.72. The van der Waals surface area contributed by atoms with Gasteiger partial charge in [0, 0.05) is 0 Å². The largest absolute Gasteiger partial charge is 0.299 e. The predicted octanol–water partition coefficient (Wildman–Crippen LogP) is -0.685. The zero-order valence-corrected chi connectivity index (χ0v) is 4.48. The molecule has 0 aliphatic carbocycles. The van der Waals surface area contributed by atoms with Crippen LogP contribution in [0.1, 0.15) is 0 Å². The van der Waals surface area contributed by atoms with Crippen LogP contribution >= 0.6 is 0 Å². The van der Waals surface area contributed by atoms with Gasteiger partial charge in [0.2, 0.25) is 0 Å². The number of hydrogen-bond acceptors (Lipinski definition) is 5. The molecular weight excluding hydrogens is 122 g/mol. The first-order chi connectivity index (χ1) is 4.24. The van der Waals surface area contributed by atoms with E-state index >= 15 is 0 Å². The zero-order valence-electron chi connectivity index (χ0n) is 4.48. The van der Waals surface area contributed by atoms with Crippen molar-refractivity contribution in [3.8, 4) is 6.07 Å². The molecule has 9 heavy (non-hydrogen) atoms. The van der Waals surface area contributed by atoms with Crippen LogP contribution in [-0.2, 0) is 4.84 Å². The number of hydroxylamine groups is 2. The molecular formula is C4H5N3O2. The lowest BCUT2D eigenvalue weighted by molar-refractivity contribution is -0.305. The summed E-state index contributed by atoms with van der Waals surface area (Å²) in [5.41, 5.74) is 5.37. The molecule has 5 heteroatoms. The van der Waals surface area contributed by atoms with Crippen LogP contribution in [0.2, 0.25) is 0 Å². The Bertz CT molecular complexity index is 183. The van der Waals surface area contributed by atoms with E-state index in [0.29, 0.717) is 5.23 Å². The minimum absolute atomic E-state index is 0.206. The molecule has 48 valence electrons. The number of nitrogens with zero attached hydrogens (tertiary/aromatic N) is 2. The van der Waals surface area contributed by atoms with Crippen molar-refractivity contribution in [3.05, 3.63) is 11.8 Å². The third kappa shape index (κ3) is 1.000. The van der Waals surface area contributed by atoms with Crippen molar-refractivity contribution in [2.75, 3.05) is 0 Å². The molecule has 0 radical (unpaired) electrons. The number of rotatable bonds is 0. The van der Waals surface area contributed by atoms with Crippen LogP contribution < -0.4 is 5.73 Å². The highest BCUT2D eigenvalue weighted by atomic mass is 16.9. The fourth-order valence-corrected chi connectivity index (χ4v) is 0.488. The summed E-state index contributed by atoms with van der Waals surface area (Å²) in [6.07, 6.45) is 0.296. The Hall–Kier alpha value is -1.09. The summed E-state index contributed by atoms with van der Waals surface area (Å²) >= 11 is 0. The van der Waals surface area contributed by atoms with E-state index in [1.165, 1.54) is 0 Å². The third-order valence-electron chi connectivity index (χ3n) is 0.907. The van der Waals surface area contributed by atoms with Crippen molar-refractivity contribution in [2.45, 2.75) is 6.23 Å². The van der Waals surface area contributed by atoms with Gasteiger partial charge < -0.3 is 0 Å². The lowest BCUT2D eigenvalue weighted by Gasteiger charge is -2.04. The van der Waals surface area contributed by atoms with E-state index in [-0.39, 0.29) is 5.57 Å². The molecule has 0 amide bonds. The van der Waals surface area contributed by atoms with Gasteiger partial charge in [0.25, 0.3) is 0 Å². The molecule has 0 spiro atoms. The average molecular weight is 127 g/mol. The normalized spacial score (nSPS) is 25.7. The van der Waals surface area contributed by atoms with Crippen molar-refractivity contribution in [3.63, 3.8) is 0 Å². The molecule has 3 N–H and O–H groups in total. The molecule has 0 aromatic rings. The Morgan fingerprint density at radius 3 is 2.89 bits per heavy atom. The monoisotopic (exact) mass is 127 g/mol. The fourth-order valence-electron chi connectivity index (χ4n) is 0.488. The van der Waals surface area contributed by atoms with Crippen LogP contribution in [0.25, 0.3) is 0 Å². The van der Waals surface area contributed by atoms with Crippen molar-refractivity contribution in [2.24, 2.45) is 5.73 Å². The van der Waals surface area contributed by atoms with Gasteiger partial charge in [0.05, 0.1) is 11.8 Å². The number of nitrogens with two attached hydrogens (primary N) is 1. The quantitative estimate of drug-likeness (QED) is 0.450. The second kappa shape index (κ2) is 2.03. The molecule has 5 nitrogen and oxygen atoms in total. The second-order valence-electron chi connectivity index (χ2n) is 1.52. The minimum atomic E-state index is -0.819. The Kier molecular flexibility index (Phi) is 1.36. The molecule has 0 fully saturated rings. The molecule has 1 aliphatic heterocycles. The SMILES string of the molecule is N#CC1=CN(O)OC1N. The van der Waals surface area contributed by atoms with E-state index in [1.807, 2.05) is 0 Å². The lowest BCUT2D eigenvalue weighted by atomic mass is 10.3. The number of nitriles is 1. The van der Waals surface area contributed by atoms with Crippen LogP contribution in [0.15, 0.2) is 11.8 Å². The van der Waals surface area contributed by atoms with Gasteiger partial charge in [-0.15, -0.1) is 5.23 Å². The smallest absolute Gasteiger partial charge is 0.173 e. The van der Waals surface area contributed by atoms with Gasteiger partial charge in [-0.3, -0.25) is 10.9 Å². The molecule has 1 rings (SSSR count). The van der Waals surface area contributed by atoms with E-state index in [4.69, 9.17) is 16.2 Å². The van der Waals surface area contributed by atoms with Crippen LogP contribution in [0, 0.1) is 11.3 Å². The first-order valence-electron chi connectivity index (χ1n) is 2.26. The van der Waals surface area contributed by atoms with Gasteiger partial charge in [-0.1, -0.05) is 0 Å². The highest BCUT2D eigenvalue weighted by Gasteiger charge is 2.20. The van der Waals surface area contributed by atoms with Gasteiger partial charge in [-0.25, -0.2) is 4.84 Å². The van der Waals surface area contributed by atoms with E-state index in [9.17, 15) is 0 Å². The van der Waals surface area contributed by atoms with Crippen LogP contribution in [-0.4, -0.2) is 16.7 Å². The van der Waals surface area contributed by atoms with E-state index < -0.39 is 6.23 Å². The van der Waals surface area contributed by atoms with E-state index in [1.54, 1.807) is 6.07 Å². The van der Waals surface area contributed by atoms with Gasteiger partial charge in [-0.05, 0) is 0 Å². The maximum Gasteiger partial charge on any atom is 0.173 e. The van der Waals surface area contributed by atoms with Crippen LogP contribution in [0.5, 0.6) is 0 Å². The molecule has 0 aromatic heterocycles. The van der Waals surface area contributed by atoms with E-state index in [2.05, 4.69) is 4.84 Å². The molecule has 1 aliphatic rings. The third-order valence-corrected chi connectivity index (χ3v) is 0.907. The average Bonchev–Trinajstić information content (AvgIpc) is 2.10. The Morgan fingerprint density at radius 1 is 2.00 bits per heavy atom. The Morgan fingerprint density at radius 2 is 2.67 bits per heavy atom. The van der Waals surface area contributed by atoms with Crippen molar-refractivity contribution < 1.29 is 10.0 Å². The van der Waals surface area contributed by atoms with Crippen LogP contribution in [0.3, 0.4) is 0 Å². The summed E-state index contributed by atoms with van der Waals surface area (Å²) < 4.78 is 0. The van der Waals surface area contributed by atoms with Crippen molar-refractivity contribution in [1.29, 1.82) is 5.26 Å². The fraction of sp³-hybridized carbons (Fsp3) is 0.250. The zero-order chi connectivity index (χ0) is 6.85. The maximum atomic E-state index is 8.50. The van der Waals surface area contributed by atoms with E-state index in [0.717, 1.165) is 6.20 Å². The summed E-state index contributed by atoms with van der Waals surface area (Å²) in [5, 5.41) is 17.2. The topological polar surface area (TPSA) is 82.5 Å². The summed E-state index contributed by atoms with van der Waals surface area (Å²) in [6.45, 7) is 0. The Labute approximate surface area is 51.4 Å². The van der Waals surface area contributed by atoms with Gasteiger partial charge in [0.1, 0.15) is 6.07 Å².